The Bertz CT molecular complexity index is 2350. The van der Waals surface area contributed by atoms with Crippen molar-refractivity contribution in [3.8, 4) is 11.5 Å². The van der Waals surface area contributed by atoms with Gasteiger partial charge < -0.3 is 5.53 Å². The van der Waals surface area contributed by atoms with Crippen molar-refractivity contribution in [1.82, 2.24) is 0 Å². The zero-order valence-electron chi connectivity index (χ0n) is 57.9. The first kappa shape index (κ1) is 76.5. The normalized spacial score (nSPS) is 12.4. The monoisotopic (exact) mass is 1250 g/mol. The summed E-state index contributed by atoms with van der Waals surface area (Å²) in [6, 6.07) is 34.0. The van der Waals surface area contributed by atoms with Gasteiger partial charge in [-0.15, -0.1) is 0 Å². The third-order valence-electron chi connectivity index (χ3n) is 18.3. The van der Waals surface area contributed by atoms with E-state index in [-0.39, 0.29) is 0 Å². The molecule has 1 heterocycles. The molecule has 0 amide bonds. The Morgan fingerprint density at radius 3 is 0.795 bits per heavy atom. The summed E-state index contributed by atoms with van der Waals surface area (Å²) in [6.45, 7) is 13.9. The molecule has 0 saturated heterocycles. The first-order valence-corrected chi connectivity index (χ1v) is 38.5. The third-order valence-corrected chi connectivity index (χ3v) is 18.9. The van der Waals surface area contributed by atoms with E-state index in [1.54, 1.807) is 4.70 Å². The molecule has 4 aromatic rings. The van der Waals surface area contributed by atoms with Gasteiger partial charge in [-0.1, -0.05) is 291 Å². The number of unbranched alkanes of at least 4 members (excludes halogenated alkanes) is 37. The van der Waals surface area contributed by atoms with Gasteiger partial charge in [0.1, 0.15) is 0 Å². The predicted molar refractivity (Wildman–Crippen MR) is 381 cm³/mol. The van der Waals surface area contributed by atoms with Gasteiger partial charge in [0, 0.05) is 22.3 Å². The van der Waals surface area contributed by atoms with E-state index >= 15 is 0 Å². The van der Waals surface area contributed by atoms with Crippen LogP contribution in [0.25, 0.3) is 16.9 Å². The fraction of sp³-hybridized carbons (Fsp3) is 0.663. The van der Waals surface area contributed by atoms with E-state index in [0.717, 1.165) is 89.3 Å². The average Bonchev–Trinajstić information content (AvgIpc) is 3.09. The molecule has 5 rings (SSSR count). The summed E-state index contributed by atoms with van der Waals surface area (Å²) in [7, 11) is 0. The molecule has 0 bridgehead atoms. The van der Waals surface area contributed by atoms with Crippen LogP contribution < -0.4 is 7.76 Å². The van der Waals surface area contributed by atoms with Gasteiger partial charge in [-0.25, -0.2) is 4.70 Å². The van der Waals surface area contributed by atoms with Crippen molar-refractivity contribution >= 4 is 11.4 Å². The summed E-state index contributed by atoms with van der Waals surface area (Å²) in [4.78, 5) is 0. The Kier molecular flexibility index (Phi) is 45.8. The fourth-order valence-corrected chi connectivity index (χ4v) is 13.4. The Morgan fingerprint density at radius 1 is 0.273 bits per heavy atom. The maximum atomic E-state index is 12.8. The molecule has 0 fully saturated rings. The summed E-state index contributed by atoms with van der Waals surface area (Å²) in [5.41, 5.74) is 26.2. The van der Waals surface area contributed by atoms with Crippen LogP contribution in [0.4, 0.5) is 0 Å². The molecule has 4 nitrogen and oxygen atoms in total. The number of nitrogens with zero attached hydrogens (tertiary/aromatic N) is 2. The van der Waals surface area contributed by atoms with Gasteiger partial charge in [0.2, 0.25) is 11.4 Å². The number of hydrogen-bond acceptors (Lipinski definition) is 2. The van der Waals surface area contributed by atoms with E-state index in [1.807, 2.05) is 60.7 Å². The van der Waals surface area contributed by atoms with E-state index in [1.165, 1.54) is 308 Å². The van der Waals surface area contributed by atoms with Crippen LogP contribution in [0.3, 0.4) is 0 Å². The van der Waals surface area contributed by atoms with Gasteiger partial charge in [0.15, 0.2) is 0 Å². The van der Waals surface area contributed by atoms with E-state index in [2.05, 4.69) is 77.9 Å². The van der Waals surface area contributed by atoms with Crippen LogP contribution in [-0.2, 0) is 40.8 Å². The van der Waals surface area contributed by atoms with Crippen molar-refractivity contribution in [3.05, 3.63) is 147 Å². The van der Waals surface area contributed by atoms with Crippen LogP contribution >= 0.6 is 0 Å². The second kappa shape index (κ2) is 52.7. The molecule has 0 atom stereocenters. The Labute approximate surface area is 550 Å². The van der Waals surface area contributed by atoms with Gasteiger partial charge in [-0.2, -0.15) is 0 Å². The molecule has 0 N–H and O–H groups in total. The zero-order valence-corrected chi connectivity index (χ0v) is 58.9. The Hall–Kier alpha value is -3.95. The fourth-order valence-electron chi connectivity index (χ4n) is 12.9. The van der Waals surface area contributed by atoms with Crippen molar-refractivity contribution in [2.24, 2.45) is 0 Å². The molecule has 0 aliphatic carbocycles. The molecule has 4 aromatic carbocycles. The van der Waals surface area contributed by atoms with Crippen molar-refractivity contribution in [2.75, 3.05) is 0 Å². The summed E-state index contributed by atoms with van der Waals surface area (Å²) in [5.74, 6) is 1.57. The van der Waals surface area contributed by atoms with Crippen LogP contribution in [-0.4, -0.2) is 4.70 Å². The first-order chi connectivity index (χ1) is 43.5. The summed E-state index contributed by atoms with van der Waals surface area (Å²) in [5, 5.41) is 0. The Morgan fingerprint density at radius 2 is 0.500 bits per heavy atom. The van der Waals surface area contributed by atoms with Crippen molar-refractivity contribution in [3.63, 3.8) is 0 Å². The molecule has 0 radical (unpaired) electrons. The van der Waals surface area contributed by atoms with E-state index in [0.29, 0.717) is 0 Å². The zero-order chi connectivity index (χ0) is 62.6. The molecule has 1 aliphatic heterocycles. The molecular formula is C83H132N2NiO2. The quantitative estimate of drug-likeness (QED) is 0.0251. The summed E-state index contributed by atoms with van der Waals surface area (Å²) < 4.78 is 12.4. The second-order valence-corrected chi connectivity index (χ2v) is 27.0. The van der Waals surface area contributed by atoms with E-state index in [9.17, 15) is 5.53 Å². The van der Waals surface area contributed by atoms with Crippen LogP contribution in [0.2, 0.25) is 0 Å². The topological polar surface area (TPSA) is 43.8 Å². The predicted octanol–water partition coefficient (Wildman–Crippen LogP) is 27.8. The molecule has 0 saturated carbocycles. The molecule has 0 aromatic heterocycles. The number of aryl methyl sites for hydroxylation is 4. The first-order valence-electron chi connectivity index (χ1n) is 37.7. The van der Waals surface area contributed by atoms with Crippen molar-refractivity contribution in [2.45, 2.75) is 356 Å². The summed E-state index contributed by atoms with van der Waals surface area (Å²) in [6.07, 6.45) is 65.4. The molecular weight excluding hydrogens is 1120 g/mol. The second-order valence-electron chi connectivity index (χ2n) is 26.4. The number of rotatable bonds is 55. The van der Waals surface area contributed by atoms with Crippen LogP contribution in [0.1, 0.15) is 364 Å². The minimum absolute atomic E-state index is 0.777. The molecule has 0 unspecified atom stereocenters. The van der Waals surface area contributed by atoms with E-state index < -0.39 is 0 Å². The van der Waals surface area contributed by atoms with Gasteiger partial charge >= 0.3 is 95.0 Å². The maximum absolute atomic E-state index is 12.8. The van der Waals surface area contributed by atoms with Crippen LogP contribution in [0.15, 0.2) is 108 Å². The van der Waals surface area contributed by atoms with E-state index in [4.69, 9.17) is 7.76 Å². The molecule has 1 aliphatic rings. The average molecular weight is 1250 g/mol. The Balaban J connectivity index is 0.000000950. The van der Waals surface area contributed by atoms with Crippen molar-refractivity contribution < 1.29 is 27.5 Å². The standard InChI is InChI=1S/C71H122N2.2C6H6O.Ni/c1-7-13-19-21-23-25-27-29-31-33-35-37-39-41-43-45-48-52-64-56-62(50-16-10-4)58-66(60-64)70-68(54-18-12-6)69(55-47-15-9-3)71(73(70)72)67-59-63(51-17-11-5)57-65(61-67)53-49-46-44-42-40-38-36-34-32-30-28-26-24-22-20-14-8-2;2*7-6-4-2-1-3-5-6;/h56-61H,7-55H2,1-6H3;2*1-5,7H;/q;;;+2/p-2. The molecule has 5 heteroatoms. The number of para-hydroxylation sites is 2. The van der Waals surface area contributed by atoms with Gasteiger partial charge in [-0.3, -0.25) is 0 Å². The SMILES string of the molecule is CCCCCCCCCCCCCCCCCCCc1cc(CCCC)cc(C2=C(CCCC)C(CCCCC)=C(c3cc(CCCC)cc(CCCCCCCCCCCCCCCCCCC)c3)[N+]2=[N-])c1.c1ccc([O][Ni][O]c2ccccc2)cc1. The number of benzene rings is 4. The van der Waals surface area contributed by atoms with Gasteiger partial charge in [0.25, 0.3) is 0 Å². The number of allylic oxidation sites excluding steroid dienone is 2. The van der Waals surface area contributed by atoms with Crippen LogP contribution in [0.5, 0.6) is 11.5 Å². The summed E-state index contributed by atoms with van der Waals surface area (Å²) >= 11 is 0.777. The van der Waals surface area contributed by atoms with Gasteiger partial charge in [0.05, 0.1) is 0 Å². The van der Waals surface area contributed by atoms with Gasteiger partial charge in [-0.05, 0) is 124 Å². The molecule has 496 valence electrons. The van der Waals surface area contributed by atoms with Crippen molar-refractivity contribution in [1.29, 1.82) is 0 Å². The molecule has 88 heavy (non-hydrogen) atoms. The molecule has 0 spiro atoms. The third kappa shape index (κ3) is 34.5. The number of hydrogen-bond donors (Lipinski definition) is 0. The van der Waals surface area contributed by atoms with Crippen LogP contribution in [0, 0.1) is 0 Å². The minimum atomic E-state index is 0.777.